The van der Waals surface area contributed by atoms with Crippen molar-refractivity contribution in [3.63, 3.8) is 0 Å². The van der Waals surface area contributed by atoms with Crippen LogP contribution in [0.3, 0.4) is 0 Å². The van der Waals surface area contributed by atoms with E-state index in [2.05, 4.69) is 15.1 Å². The van der Waals surface area contributed by atoms with Gasteiger partial charge in [-0.25, -0.2) is 4.98 Å². The highest BCUT2D eigenvalue weighted by atomic mass is 16.6. The first kappa shape index (κ1) is 14.4. The van der Waals surface area contributed by atoms with Crippen molar-refractivity contribution in [2.45, 2.75) is 19.4 Å². The quantitative estimate of drug-likeness (QED) is 0.572. The third kappa shape index (κ3) is 2.42. The molecule has 1 aliphatic rings. The van der Waals surface area contributed by atoms with Gasteiger partial charge in [0.15, 0.2) is 0 Å². The van der Waals surface area contributed by atoms with Crippen LogP contribution in [0.25, 0.3) is 22.2 Å². The fraction of sp³-hybridized carbons (Fsp3) is 0.167. The number of hydrogen-bond donors (Lipinski definition) is 2. The molecule has 1 atom stereocenters. The van der Waals surface area contributed by atoms with E-state index in [1.165, 1.54) is 0 Å². The maximum absolute atomic E-state index is 12.7. The van der Waals surface area contributed by atoms with Gasteiger partial charge in [-0.3, -0.25) is 4.79 Å². The van der Waals surface area contributed by atoms with E-state index in [4.69, 9.17) is 10.6 Å². The average molecular weight is 320 g/mol. The zero-order valence-electron chi connectivity index (χ0n) is 13.1. The molecule has 0 saturated carbocycles. The summed E-state index contributed by atoms with van der Waals surface area (Å²) in [5.74, 6) is -0.128. The van der Waals surface area contributed by atoms with Gasteiger partial charge in [-0.05, 0) is 30.7 Å². The highest BCUT2D eigenvalue weighted by molar-refractivity contribution is 6.48. The second-order valence-electron chi connectivity index (χ2n) is 5.94. The lowest BCUT2D eigenvalue weighted by molar-refractivity contribution is 0.0991. The van der Waals surface area contributed by atoms with E-state index in [9.17, 15) is 4.79 Å². The summed E-state index contributed by atoms with van der Waals surface area (Å²) in [4.78, 5) is 25.3. The number of pyridine rings is 1. The van der Waals surface area contributed by atoms with Crippen LogP contribution in [-0.4, -0.2) is 27.6 Å². The Bertz CT molecular complexity index is 974. The van der Waals surface area contributed by atoms with Gasteiger partial charge in [0.25, 0.3) is 0 Å². The first-order chi connectivity index (χ1) is 11.6. The first-order valence-corrected chi connectivity index (χ1v) is 7.72. The molecule has 1 unspecified atom stereocenters. The number of anilines is 1. The Morgan fingerprint density at radius 2 is 2.21 bits per heavy atom. The Kier molecular flexibility index (Phi) is 3.30. The summed E-state index contributed by atoms with van der Waals surface area (Å²) in [6, 6.07) is 9.52. The average Bonchev–Trinajstić information content (AvgIpc) is 3.20. The van der Waals surface area contributed by atoms with Gasteiger partial charge in [0.1, 0.15) is 17.5 Å². The van der Waals surface area contributed by atoms with Crippen LogP contribution >= 0.6 is 0 Å². The molecule has 3 N–H and O–H groups in total. The zero-order valence-corrected chi connectivity index (χ0v) is 13.1. The lowest BCUT2D eigenvalue weighted by atomic mass is 10.0. The number of hydrogen-bond acceptors (Lipinski definition) is 5. The van der Waals surface area contributed by atoms with Crippen molar-refractivity contribution in [3.8, 4) is 11.1 Å². The molecule has 0 radical (unpaired) electrons. The maximum atomic E-state index is 12.7. The predicted molar refractivity (Wildman–Crippen MR) is 92.9 cm³/mol. The number of H-pyrrole nitrogens is 1. The molecule has 0 spiro atoms. The molecule has 24 heavy (non-hydrogen) atoms. The second kappa shape index (κ2) is 5.49. The van der Waals surface area contributed by atoms with E-state index in [0.717, 1.165) is 16.5 Å². The summed E-state index contributed by atoms with van der Waals surface area (Å²) in [6.07, 6.45) is 3.90. The van der Waals surface area contributed by atoms with Gasteiger partial charge in [0, 0.05) is 35.5 Å². The summed E-state index contributed by atoms with van der Waals surface area (Å²) in [6.45, 7) is 1.89. The molecule has 6 nitrogen and oxygen atoms in total. The van der Waals surface area contributed by atoms with Crippen LogP contribution in [0.4, 0.5) is 5.69 Å². The number of oxime groups is 1. The molecule has 0 bridgehead atoms. The Hall–Kier alpha value is -3.15. The van der Waals surface area contributed by atoms with Crippen LogP contribution in [0.5, 0.6) is 0 Å². The molecule has 3 aromatic rings. The number of Topliss-reactive ketones (excluding diaryl/α,β-unsaturated/α-hetero) is 1. The van der Waals surface area contributed by atoms with Crippen LogP contribution in [0.1, 0.15) is 23.7 Å². The molecular weight excluding hydrogens is 304 g/mol. The zero-order chi connectivity index (χ0) is 16.7. The second-order valence-corrected chi connectivity index (χ2v) is 5.94. The van der Waals surface area contributed by atoms with Gasteiger partial charge >= 0.3 is 0 Å². The van der Waals surface area contributed by atoms with Crippen LogP contribution in [0.2, 0.25) is 0 Å². The van der Waals surface area contributed by atoms with Crippen molar-refractivity contribution < 1.29 is 9.63 Å². The minimum Gasteiger partial charge on any atom is -0.399 e. The van der Waals surface area contributed by atoms with Crippen molar-refractivity contribution in [2.75, 3.05) is 5.73 Å². The smallest absolute Gasteiger partial charge is 0.212 e. The van der Waals surface area contributed by atoms with Gasteiger partial charge in [-0.1, -0.05) is 17.3 Å². The lowest BCUT2D eigenvalue weighted by Crippen LogP contribution is -2.13. The minimum atomic E-state index is -0.128. The van der Waals surface area contributed by atoms with Crippen molar-refractivity contribution >= 4 is 28.2 Å². The summed E-state index contributed by atoms with van der Waals surface area (Å²) in [7, 11) is 0. The Balaban J connectivity index is 1.78. The number of aromatic amines is 1. The number of nitrogen functional groups attached to an aromatic ring is 1. The number of carbonyl (C=O) groups excluding carboxylic acids is 1. The van der Waals surface area contributed by atoms with Gasteiger partial charge < -0.3 is 15.6 Å². The first-order valence-electron chi connectivity index (χ1n) is 7.72. The number of ketones is 1. The Labute approximate surface area is 138 Å². The molecule has 0 aliphatic carbocycles. The van der Waals surface area contributed by atoms with Crippen molar-refractivity contribution in [3.05, 3.63) is 48.3 Å². The molecule has 0 saturated heterocycles. The fourth-order valence-corrected chi connectivity index (χ4v) is 2.86. The third-order valence-corrected chi connectivity index (χ3v) is 4.08. The van der Waals surface area contributed by atoms with Crippen LogP contribution in [-0.2, 0) is 4.84 Å². The van der Waals surface area contributed by atoms with Gasteiger partial charge in [0.05, 0.1) is 5.56 Å². The number of benzene rings is 1. The summed E-state index contributed by atoms with van der Waals surface area (Å²) >= 11 is 0. The van der Waals surface area contributed by atoms with E-state index in [-0.39, 0.29) is 11.9 Å². The summed E-state index contributed by atoms with van der Waals surface area (Å²) in [5, 5.41) is 4.65. The van der Waals surface area contributed by atoms with E-state index >= 15 is 0 Å². The summed E-state index contributed by atoms with van der Waals surface area (Å²) in [5.41, 5.74) is 10.1. The van der Waals surface area contributed by atoms with Gasteiger partial charge in [-0.2, -0.15) is 0 Å². The molecule has 0 amide bonds. The van der Waals surface area contributed by atoms with Crippen molar-refractivity contribution in [1.82, 2.24) is 9.97 Å². The van der Waals surface area contributed by atoms with E-state index < -0.39 is 0 Å². The molecular formula is C18H16N4O2. The number of rotatable bonds is 3. The lowest BCUT2D eigenvalue weighted by Gasteiger charge is -2.04. The number of aromatic nitrogens is 2. The normalized spacial score (nSPS) is 16.9. The number of nitrogens with zero attached hydrogens (tertiary/aromatic N) is 2. The Morgan fingerprint density at radius 3 is 2.96 bits per heavy atom. The van der Waals surface area contributed by atoms with Gasteiger partial charge in [-0.15, -0.1) is 0 Å². The van der Waals surface area contributed by atoms with Crippen LogP contribution in [0.15, 0.2) is 47.9 Å². The molecule has 1 aliphatic heterocycles. The minimum absolute atomic E-state index is 0.0601. The highest BCUT2D eigenvalue weighted by Crippen LogP contribution is 2.27. The largest absolute Gasteiger partial charge is 0.399 e. The topological polar surface area (TPSA) is 93.4 Å². The van der Waals surface area contributed by atoms with Crippen LogP contribution < -0.4 is 5.73 Å². The number of carbonyl (C=O) groups is 1. The van der Waals surface area contributed by atoms with Crippen molar-refractivity contribution in [1.29, 1.82) is 0 Å². The fourth-order valence-electron chi connectivity index (χ4n) is 2.86. The predicted octanol–water partition coefficient (Wildman–Crippen LogP) is 3.16. The standard InChI is InChI=1S/C18H16N4O2/c1-10-5-16(22-24-10)17(23)15-9-21-18-14(15)7-12(8-20-18)11-3-2-4-13(19)6-11/h2-4,6-10H,5,19H2,1H3,(H,20,21). The molecule has 1 aromatic carbocycles. The molecule has 4 rings (SSSR count). The van der Waals surface area contributed by atoms with E-state index in [1.54, 1.807) is 12.4 Å². The van der Waals surface area contributed by atoms with E-state index in [1.807, 2.05) is 37.3 Å². The molecule has 2 aromatic heterocycles. The van der Waals surface area contributed by atoms with Gasteiger partial charge in [0.2, 0.25) is 5.78 Å². The maximum Gasteiger partial charge on any atom is 0.212 e. The van der Waals surface area contributed by atoms with Crippen molar-refractivity contribution in [2.24, 2.45) is 5.16 Å². The molecule has 120 valence electrons. The van der Waals surface area contributed by atoms with Crippen LogP contribution in [0, 0.1) is 0 Å². The molecule has 3 heterocycles. The monoisotopic (exact) mass is 320 g/mol. The Morgan fingerprint density at radius 1 is 1.33 bits per heavy atom. The number of fused-ring (bicyclic) bond motifs is 1. The highest BCUT2D eigenvalue weighted by Gasteiger charge is 2.26. The van der Waals surface area contributed by atoms with E-state index in [0.29, 0.717) is 29.0 Å². The number of nitrogens with one attached hydrogen (secondary N) is 1. The third-order valence-electron chi connectivity index (χ3n) is 4.08. The molecule has 0 fully saturated rings. The molecule has 6 heteroatoms. The summed E-state index contributed by atoms with van der Waals surface area (Å²) < 4.78 is 0. The number of nitrogens with two attached hydrogens (primary N) is 1. The SMILES string of the molecule is CC1CC(C(=O)c2c[nH]c3ncc(-c4cccc(N)c4)cc23)=NO1.